The molecule has 0 atom stereocenters. The summed E-state index contributed by atoms with van der Waals surface area (Å²) in [6.07, 6.45) is 1.62. The van der Waals surface area contributed by atoms with Gasteiger partial charge in [0.1, 0.15) is 5.69 Å². The summed E-state index contributed by atoms with van der Waals surface area (Å²) in [5, 5.41) is 2.84. The first-order chi connectivity index (χ1) is 9.97. The van der Waals surface area contributed by atoms with Gasteiger partial charge in [-0.15, -0.1) is 0 Å². The van der Waals surface area contributed by atoms with Gasteiger partial charge < -0.3 is 10.1 Å². The van der Waals surface area contributed by atoms with Gasteiger partial charge in [0.2, 0.25) is 5.88 Å². The van der Waals surface area contributed by atoms with Gasteiger partial charge in [-0.05, 0) is 82.7 Å². The van der Waals surface area contributed by atoms with Crippen molar-refractivity contribution in [2.45, 2.75) is 20.0 Å². The van der Waals surface area contributed by atoms with Crippen LogP contribution in [0.3, 0.4) is 0 Å². The number of carbonyl (C=O) groups excluding carboxylic acids is 1. The Balaban J connectivity index is 2.25. The normalized spacial score (nSPS) is 10.5. The van der Waals surface area contributed by atoms with E-state index in [-0.39, 0.29) is 12.0 Å². The molecule has 2 aromatic rings. The van der Waals surface area contributed by atoms with Crippen LogP contribution < -0.4 is 10.1 Å². The van der Waals surface area contributed by atoms with Gasteiger partial charge in [-0.2, -0.15) is 0 Å². The highest BCUT2D eigenvalue weighted by Crippen LogP contribution is 2.25. The predicted molar refractivity (Wildman–Crippen MR) is 94.8 cm³/mol. The van der Waals surface area contributed by atoms with Gasteiger partial charge in [-0.25, -0.2) is 4.98 Å². The summed E-state index contributed by atoms with van der Waals surface area (Å²) in [6, 6.07) is 9.13. The Morgan fingerprint density at radius 3 is 2.86 bits per heavy atom. The standard InChI is InChI=1S/C15H14BrIN2O2/c1-9(2)21-15-13(4-3-7-18-15)19-14(20)11-8-10(17)5-6-12(11)16/h3-9H,1-2H3,(H,19,20). The van der Waals surface area contributed by atoms with Crippen LogP contribution in [0.2, 0.25) is 0 Å². The molecule has 0 aliphatic carbocycles. The molecule has 0 saturated carbocycles. The van der Waals surface area contributed by atoms with Gasteiger partial charge in [-0.3, -0.25) is 4.79 Å². The number of ether oxygens (including phenoxy) is 1. The van der Waals surface area contributed by atoms with Crippen molar-refractivity contribution < 1.29 is 9.53 Å². The fourth-order valence-electron chi connectivity index (χ4n) is 1.66. The molecule has 0 radical (unpaired) electrons. The lowest BCUT2D eigenvalue weighted by molar-refractivity contribution is 0.102. The number of benzene rings is 1. The van der Waals surface area contributed by atoms with E-state index in [1.165, 1.54) is 0 Å². The molecule has 0 aliphatic heterocycles. The van der Waals surface area contributed by atoms with E-state index in [1.54, 1.807) is 18.3 Å². The molecule has 1 aromatic heterocycles. The average Bonchev–Trinajstić information content (AvgIpc) is 2.43. The Bertz CT molecular complexity index is 662. The lowest BCUT2D eigenvalue weighted by Gasteiger charge is -2.14. The highest BCUT2D eigenvalue weighted by Gasteiger charge is 2.14. The number of carbonyl (C=O) groups is 1. The van der Waals surface area contributed by atoms with Gasteiger partial charge in [0, 0.05) is 14.2 Å². The fraction of sp³-hybridized carbons (Fsp3) is 0.200. The highest BCUT2D eigenvalue weighted by atomic mass is 127. The van der Waals surface area contributed by atoms with Crippen LogP contribution >= 0.6 is 38.5 Å². The minimum Gasteiger partial charge on any atom is -0.473 e. The average molecular weight is 461 g/mol. The van der Waals surface area contributed by atoms with E-state index in [2.05, 4.69) is 48.8 Å². The zero-order valence-electron chi connectivity index (χ0n) is 11.6. The monoisotopic (exact) mass is 460 g/mol. The summed E-state index contributed by atoms with van der Waals surface area (Å²) in [5.74, 6) is 0.213. The maximum Gasteiger partial charge on any atom is 0.256 e. The van der Waals surface area contributed by atoms with Crippen LogP contribution in [-0.2, 0) is 0 Å². The maximum atomic E-state index is 12.4. The minimum atomic E-state index is -0.206. The molecule has 110 valence electrons. The molecule has 1 heterocycles. The number of aromatic nitrogens is 1. The molecule has 1 amide bonds. The smallest absolute Gasteiger partial charge is 0.256 e. The number of nitrogens with one attached hydrogen (secondary N) is 1. The zero-order chi connectivity index (χ0) is 15.4. The molecular weight excluding hydrogens is 447 g/mol. The minimum absolute atomic E-state index is 0.0139. The van der Waals surface area contributed by atoms with Crippen LogP contribution in [0.25, 0.3) is 0 Å². The molecule has 0 saturated heterocycles. The molecule has 0 bridgehead atoms. The van der Waals surface area contributed by atoms with Crippen molar-refractivity contribution in [1.82, 2.24) is 4.98 Å². The van der Waals surface area contributed by atoms with Crippen molar-refractivity contribution in [3.8, 4) is 5.88 Å². The fourth-order valence-corrected chi connectivity index (χ4v) is 2.58. The molecule has 1 N–H and O–H groups in total. The summed E-state index contributed by atoms with van der Waals surface area (Å²) >= 11 is 5.56. The lowest BCUT2D eigenvalue weighted by atomic mass is 10.2. The summed E-state index contributed by atoms with van der Waals surface area (Å²) < 4.78 is 7.33. The molecule has 2 rings (SSSR count). The van der Waals surface area contributed by atoms with Gasteiger partial charge in [-0.1, -0.05) is 0 Å². The van der Waals surface area contributed by atoms with Crippen LogP contribution in [0.5, 0.6) is 5.88 Å². The summed E-state index contributed by atoms with van der Waals surface area (Å²) in [5.41, 5.74) is 1.13. The Morgan fingerprint density at radius 1 is 1.38 bits per heavy atom. The topological polar surface area (TPSA) is 51.2 Å². The Kier molecular flexibility index (Phi) is 5.58. The molecule has 4 nitrogen and oxygen atoms in total. The first-order valence-electron chi connectivity index (χ1n) is 6.35. The number of hydrogen-bond acceptors (Lipinski definition) is 3. The number of amides is 1. The number of rotatable bonds is 4. The van der Waals surface area contributed by atoms with Crippen LogP contribution in [0, 0.1) is 3.57 Å². The van der Waals surface area contributed by atoms with Gasteiger partial charge in [0.25, 0.3) is 5.91 Å². The number of halogens is 2. The van der Waals surface area contributed by atoms with E-state index < -0.39 is 0 Å². The third-order valence-corrected chi connectivity index (χ3v) is 3.90. The summed E-state index contributed by atoms with van der Waals surface area (Å²) in [4.78, 5) is 16.6. The van der Waals surface area contributed by atoms with Crippen molar-refractivity contribution in [2.75, 3.05) is 5.32 Å². The lowest BCUT2D eigenvalue weighted by Crippen LogP contribution is -2.15. The first kappa shape index (κ1) is 16.2. The number of anilines is 1. The van der Waals surface area contributed by atoms with Crippen LogP contribution in [0.1, 0.15) is 24.2 Å². The van der Waals surface area contributed by atoms with Crippen molar-refractivity contribution in [3.63, 3.8) is 0 Å². The van der Waals surface area contributed by atoms with E-state index in [0.29, 0.717) is 17.1 Å². The second-order valence-electron chi connectivity index (χ2n) is 4.60. The Hall–Kier alpha value is -1.15. The summed E-state index contributed by atoms with van der Waals surface area (Å²) in [7, 11) is 0. The largest absolute Gasteiger partial charge is 0.473 e. The molecule has 6 heteroatoms. The predicted octanol–water partition coefficient (Wildman–Crippen LogP) is 4.49. The Morgan fingerprint density at radius 2 is 2.14 bits per heavy atom. The number of hydrogen-bond donors (Lipinski definition) is 1. The molecule has 0 aliphatic rings. The first-order valence-corrected chi connectivity index (χ1v) is 8.22. The van der Waals surface area contributed by atoms with Crippen LogP contribution in [-0.4, -0.2) is 17.0 Å². The van der Waals surface area contributed by atoms with Crippen molar-refractivity contribution in [3.05, 3.63) is 50.1 Å². The molecule has 1 aromatic carbocycles. The number of nitrogens with zero attached hydrogens (tertiary/aromatic N) is 1. The van der Waals surface area contributed by atoms with E-state index in [0.717, 1.165) is 8.04 Å². The van der Waals surface area contributed by atoms with E-state index in [1.807, 2.05) is 32.0 Å². The van der Waals surface area contributed by atoms with Gasteiger partial charge >= 0.3 is 0 Å². The molecular formula is C15H14BrIN2O2. The van der Waals surface area contributed by atoms with E-state index in [9.17, 15) is 4.79 Å². The maximum absolute atomic E-state index is 12.4. The Labute approximate surface area is 145 Å². The summed E-state index contributed by atoms with van der Waals surface area (Å²) in [6.45, 7) is 3.83. The quantitative estimate of drug-likeness (QED) is 0.684. The van der Waals surface area contributed by atoms with E-state index in [4.69, 9.17) is 4.74 Å². The molecule has 21 heavy (non-hydrogen) atoms. The molecule has 0 unspecified atom stereocenters. The van der Waals surface area contributed by atoms with E-state index >= 15 is 0 Å². The second-order valence-corrected chi connectivity index (χ2v) is 6.70. The third-order valence-electron chi connectivity index (χ3n) is 2.54. The van der Waals surface area contributed by atoms with Crippen LogP contribution in [0.15, 0.2) is 41.0 Å². The zero-order valence-corrected chi connectivity index (χ0v) is 15.3. The van der Waals surface area contributed by atoms with Crippen molar-refractivity contribution in [2.24, 2.45) is 0 Å². The molecule has 0 spiro atoms. The van der Waals surface area contributed by atoms with Crippen LogP contribution in [0.4, 0.5) is 5.69 Å². The van der Waals surface area contributed by atoms with Gasteiger partial charge in [0.15, 0.2) is 0 Å². The molecule has 0 fully saturated rings. The highest BCUT2D eigenvalue weighted by molar-refractivity contribution is 14.1. The van der Waals surface area contributed by atoms with Gasteiger partial charge in [0.05, 0.1) is 11.7 Å². The second kappa shape index (κ2) is 7.22. The number of pyridine rings is 1. The van der Waals surface area contributed by atoms with Crippen molar-refractivity contribution >= 4 is 50.1 Å². The third kappa shape index (κ3) is 4.41. The van der Waals surface area contributed by atoms with Crippen molar-refractivity contribution in [1.29, 1.82) is 0 Å². The SMILES string of the molecule is CC(C)Oc1ncccc1NC(=O)c1cc(I)ccc1Br.